The standard InChI is InChI=1S/C26H33N5OS/c32-25(27-16-19-30-17-8-3-9-18-30)15-10-20-33-26-29-28-24(21-22-11-4-1-5-12-22)31(26)23-13-6-2-7-14-23/h1-2,4-7,11-14H,3,8-10,15-21H2,(H,27,32). The summed E-state index contributed by atoms with van der Waals surface area (Å²) in [7, 11) is 0. The third-order valence-electron chi connectivity index (χ3n) is 5.90. The molecule has 0 atom stereocenters. The van der Waals surface area contributed by atoms with Crippen LogP contribution >= 0.6 is 11.8 Å². The molecular formula is C26H33N5OS. The summed E-state index contributed by atoms with van der Waals surface area (Å²) in [6, 6.07) is 20.6. The number of rotatable bonds is 11. The van der Waals surface area contributed by atoms with Crippen LogP contribution in [0.15, 0.2) is 65.8 Å². The Labute approximate surface area is 200 Å². The zero-order valence-corrected chi connectivity index (χ0v) is 20.0. The lowest BCUT2D eigenvalue weighted by Gasteiger charge is -2.26. The quantitative estimate of drug-likeness (QED) is 0.339. The van der Waals surface area contributed by atoms with Crippen molar-refractivity contribution in [3.05, 3.63) is 72.1 Å². The van der Waals surface area contributed by atoms with E-state index >= 15 is 0 Å². The van der Waals surface area contributed by atoms with E-state index in [1.165, 1.54) is 37.9 Å². The minimum Gasteiger partial charge on any atom is -0.355 e. The average Bonchev–Trinajstić information content (AvgIpc) is 3.26. The van der Waals surface area contributed by atoms with Crippen molar-refractivity contribution in [3.8, 4) is 5.69 Å². The summed E-state index contributed by atoms with van der Waals surface area (Å²) < 4.78 is 2.14. The molecular weight excluding hydrogens is 430 g/mol. The molecule has 0 spiro atoms. The number of carbonyl (C=O) groups is 1. The molecule has 1 aromatic heterocycles. The number of hydrogen-bond donors (Lipinski definition) is 1. The molecule has 1 fully saturated rings. The molecule has 0 saturated carbocycles. The smallest absolute Gasteiger partial charge is 0.220 e. The average molecular weight is 464 g/mol. The van der Waals surface area contributed by atoms with E-state index in [1.54, 1.807) is 11.8 Å². The van der Waals surface area contributed by atoms with E-state index in [9.17, 15) is 4.79 Å². The molecule has 1 aliphatic heterocycles. The lowest BCUT2D eigenvalue weighted by molar-refractivity contribution is -0.121. The highest BCUT2D eigenvalue weighted by atomic mass is 32.2. The number of para-hydroxylation sites is 1. The number of benzene rings is 2. The predicted molar refractivity (Wildman–Crippen MR) is 134 cm³/mol. The second kappa shape index (κ2) is 12.6. The summed E-state index contributed by atoms with van der Waals surface area (Å²) in [5, 5.41) is 12.9. The van der Waals surface area contributed by atoms with Gasteiger partial charge in [-0.2, -0.15) is 0 Å². The Hall–Kier alpha value is -2.64. The molecule has 6 nitrogen and oxygen atoms in total. The highest BCUT2D eigenvalue weighted by molar-refractivity contribution is 7.99. The lowest BCUT2D eigenvalue weighted by Crippen LogP contribution is -2.37. The van der Waals surface area contributed by atoms with E-state index in [2.05, 4.69) is 49.2 Å². The number of nitrogens with one attached hydrogen (secondary N) is 1. The van der Waals surface area contributed by atoms with Crippen molar-refractivity contribution in [2.75, 3.05) is 31.9 Å². The molecule has 3 aromatic rings. The van der Waals surface area contributed by atoms with Gasteiger partial charge in [0.2, 0.25) is 5.91 Å². The maximum Gasteiger partial charge on any atom is 0.220 e. The van der Waals surface area contributed by atoms with Crippen LogP contribution in [0.1, 0.15) is 43.5 Å². The zero-order chi connectivity index (χ0) is 22.7. The van der Waals surface area contributed by atoms with Gasteiger partial charge in [0.15, 0.2) is 5.16 Å². The maximum atomic E-state index is 12.2. The van der Waals surface area contributed by atoms with Crippen LogP contribution < -0.4 is 5.32 Å². The summed E-state index contributed by atoms with van der Waals surface area (Å²) in [5.74, 6) is 1.89. The van der Waals surface area contributed by atoms with Crippen LogP contribution in [0.4, 0.5) is 0 Å². The topological polar surface area (TPSA) is 63.1 Å². The van der Waals surface area contributed by atoms with Crippen LogP contribution in [0.25, 0.3) is 5.69 Å². The number of hydrogen-bond acceptors (Lipinski definition) is 5. The molecule has 1 saturated heterocycles. The minimum atomic E-state index is 0.141. The Morgan fingerprint density at radius 2 is 1.67 bits per heavy atom. The van der Waals surface area contributed by atoms with E-state index in [0.717, 1.165) is 48.4 Å². The number of carbonyl (C=O) groups excluding carboxylic acids is 1. The minimum absolute atomic E-state index is 0.141. The van der Waals surface area contributed by atoms with Gasteiger partial charge < -0.3 is 10.2 Å². The van der Waals surface area contributed by atoms with E-state index in [4.69, 9.17) is 0 Å². The summed E-state index contributed by atoms with van der Waals surface area (Å²) in [5.41, 5.74) is 2.27. The van der Waals surface area contributed by atoms with Crippen LogP contribution in [-0.2, 0) is 11.2 Å². The normalized spacial score (nSPS) is 14.3. The van der Waals surface area contributed by atoms with Crippen molar-refractivity contribution in [1.29, 1.82) is 0 Å². The van der Waals surface area contributed by atoms with Gasteiger partial charge in [0.1, 0.15) is 5.82 Å². The van der Waals surface area contributed by atoms with Gasteiger partial charge in [0, 0.05) is 37.4 Å². The molecule has 1 N–H and O–H groups in total. The molecule has 0 unspecified atom stereocenters. The van der Waals surface area contributed by atoms with Crippen molar-refractivity contribution >= 4 is 17.7 Å². The number of aromatic nitrogens is 3. The van der Waals surface area contributed by atoms with E-state index in [-0.39, 0.29) is 5.91 Å². The van der Waals surface area contributed by atoms with Crippen molar-refractivity contribution in [3.63, 3.8) is 0 Å². The molecule has 174 valence electrons. The Morgan fingerprint density at radius 3 is 2.42 bits per heavy atom. The summed E-state index contributed by atoms with van der Waals surface area (Å²) >= 11 is 1.66. The fourth-order valence-corrected chi connectivity index (χ4v) is 5.05. The molecule has 4 rings (SSSR count). The third-order valence-corrected chi connectivity index (χ3v) is 6.91. The van der Waals surface area contributed by atoms with Crippen LogP contribution in [0.3, 0.4) is 0 Å². The predicted octanol–water partition coefficient (Wildman–Crippen LogP) is 4.33. The van der Waals surface area contributed by atoms with Gasteiger partial charge >= 0.3 is 0 Å². The van der Waals surface area contributed by atoms with Gasteiger partial charge in [0.05, 0.1) is 0 Å². The molecule has 1 aliphatic rings. The zero-order valence-electron chi connectivity index (χ0n) is 19.2. The second-order valence-corrected chi connectivity index (χ2v) is 9.50. The van der Waals surface area contributed by atoms with Gasteiger partial charge in [-0.15, -0.1) is 10.2 Å². The van der Waals surface area contributed by atoms with Crippen molar-refractivity contribution in [1.82, 2.24) is 25.0 Å². The van der Waals surface area contributed by atoms with Crippen LogP contribution in [-0.4, -0.2) is 57.5 Å². The highest BCUT2D eigenvalue weighted by Gasteiger charge is 2.15. The number of nitrogens with zero attached hydrogens (tertiary/aromatic N) is 4. The Morgan fingerprint density at radius 1 is 0.939 bits per heavy atom. The van der Waals surface area contributed by atoms with Crippen LogP contribution in [0.2, 0.25) is 0 Å². The number of piperidine rings is 1. The van der Waals surface area contributed by atoms with Gasteiger partial charge in [-0.3, -0.25) is 9.36 Å². The first-order valence-electron chi connectivity index (χ1n) is 11.9. The summed E-state index contributed by atoms with van der Waals surface area (Å²) in [4.78, 5) is 14.7. The second-order valence-electron chi connectivity index (χ2n) is 8.44. The Kier molecular flexibility index (Phi) is 8.95. The van der Waals surface area contributed by atoms with Crippen molar-refractivity contribution in [2.45, 2.75) is 43.7 Å². The number of likely N-dealkylation sites (tertiary alicyclic amines) is 1. The fraction of sp³-hybridized carbons (Fsp3) is 0.423. The largest absolute Gasteiger partial charge is 0.355 e. The molecule has 0 radical (unpaired) electrons. The van der Waals surface area contributed by atoms with Crippen LogP contribution in [0.5, 0.6) is 0 Å². The van der Waals surface area contributed by atoms with E-state index in [1.807, 2.05) is 36.4 Å². The van der Waals surface area contributed by atoms with Crippen LogP contribution in [0, 0.1) is 0 Å². The first kappa shape index (κ1) is 23.5. The maximum absolute atomic E-state index is 12.2. The van der Waals surface area contributed by atoms with Gasteiger partial charge in [-0.1, -0.05) is 66.7 Å². The van der Waals surface area contributed by atoms with Gasteiger partial charge in [-0.05, 0) is 50.0 Å². The van der Waals surface area contributed by atoms with Crippen molar-refractivity contribution in [2.24, 2.45) is 0 Å². The molecule has 0 aliphatic carbocycles. The van der Waals surface area contributed by atoms with E-state index in [0.29, 0.717) is 6.42 Å². The summed E-state index contributed by atoms with van der Waals surface area (Å²) in [6.07, 6.45) is 5.99. The highest BCUT2D eigenvalue weighted by Crippen LogP contribution is 2.24. The Bertz CT molecular complexity index is 986. The number of amides is 1. The van der Waals surface area contributed by atoms with E-state index < -0.39 is 0 Å². The molecule has 2 heterocycles. The molecule has 7 heteroatoms. The molecule has 33 heavy (non-hydrogen) atoms. The molecule has 0 bridgehead atoms. The third kappa shape index (κ3) is 7.17. The monoisotopic (exact) mass is 463 g/mol. The Balaban J connectivity index is 1.28. The van der Waals surface area contributed by atoms with Gasteiger partial charge in [0.25, 0.3) is 0 Å². The molecule has 2 aromatic carbocycles. The SMILES string of the molecule is O=C(CCCSc1nnc(Cc2ccccc2)n1-c1ccccc1)NCCN1CCCCC1. The first-order valence-corrected chi connectivity index (χ1v) is 12.9. The van der Waals surface area contributed by atoms with Crippen molar-refractivity contribution < 1.29 is 4.79 Å². The first-order chi connectivity index (χ1) is 16.3. The molecule has 1 amide bonds. The lowest BCUT2D eigenvalue weighted by atomic mass is 10.1. The fourth-order valence-electron chi connectivity index (χ4n) is 4.14. The number of thioether (sulfide) groups is 1. The summed E-state index contributed by atoms with van der Waals surface area (Å²) in [6.45, 7) is 4.05. The van der Waals surface area contributed by atoms with Gasteiger partial charge in [-0.25, -0.2) is 0 Å².